The van der Waals surface area contributed by atoms with Gasteiger partial charge in [0.2, 0.25) is 0 Å². The minimum Gasteiger partial charge on any atom is -0.450 e. The molecular weight excluding hydrogens is 435 g/mol. The van der Waals surface area contributed by atoms with Gasteiger partial charge in [0.1, 0.15) is 0 Å². The normalized spacial score (nSPS) is 16.5. The smallest absolute Gasteiger partial charge is 0.409 e. The van der Waals surface area contributed by atoms with Crippen molar-refractivity contribution in [2.45, 2.75) is 40.2 Å². The molecule has 0 aliphatic carbocycles. The fourth-order valence-corrected chi connectivity index (χ4v) is 2.80. The number of carbonyl (C=O) groups excluding carboxylic acids is 1. The number of hydrogen-bond acceptors (Lipinski definition) is 4. The highest BCUT2D eigenvalue weighted by Crippen LogP contribution is 2.10. The van der Waals surface area contributed by atoms with Crippen molar-refractivity contribution in [2.75, 3.05) is 53.0 Å². The topological polar surface area (TPSA) is 66.4 Å². The summed E-state index contributed by atoms with van der Waals surface area (Å²) in [6.45, 7) is 13.1. The molecule has 0 aromatic rings. The Morgan fingerprint density at radius 1 is 1.12 bits per heavy atom. The van der Waals surface area contributed by atoms with E-state index < -0.39 is 0 Å². The third-order valence-electron chi connectivity index (χ3n) is 4.15. The summed E-state index contributed by atoms with van der Waals surface area (Å²) in [5.74, 6) is 1.39. The van der Waals surface area contributed by atoms with Gasteiger partial charge < -0.3 is 24.6 Å². The molecule has 1 fully saturated rings. The Balaban J connectivity index is 0.00000576. The maximum atomic E-state index is 11.7. The van der Waals surface area contributed by atoms with Gasteiger partial charge in [-0.15, -0.1) is 24.0 Å². The number of aliphatic imine (C=N–C) groups is 1. The van der Waals surface area contributed by atoms with E-state index in [0.29, 0.717) is 25.6 Å². The lowest BCUT2D eigenvalue weighted by atomic mass is 10.0. The van der Waals surface area contributed by atoms with Crippen LogP contribution in [0.4, 0.5) is 4.79 Å². The number of carbonyl (C=O) groups is 1. The Labute approximate surface area is 169 Å². The molecule has 1 heterocycles. The van der Waals surface area contributed by atoms with Crippen molar-refractivity contribution in [3.63, 3.8) is 0 Å². The van der Waals surface area contributed by atoms with Crippen LogP contribution in [0.3, 0.4) is 0 Å². The SMILES string of the molecule is CCOC(=O)N1CCN(C(=NC)NCCC(OCC)C(C)C)CC1.I. The quantitative estimate of drug-likeness (QED) is 0.352. The molecule has 0 radical (unpaired) electrons. The lowest BCUT2D eigenvalue weighted by molar-refractivity contribution is 0.0256. The zero-order valence-electron chi connectivity index (χ0n) is 16.3. The zero-order chi connectivity index (χ0) is 17.9. The third-order valence-corrected chi connectivity index (χ3v) is 4.15. The number of nitrogens with one attached hydrogen (secondary N) is 1. The highest BCUT2D eigenvalue weighted by Gasteiger charge is 2.23. The maximum absolute atomic E-state index is 11.7. The summed E-state index contributed by atoms with van der Waals surface area (Å²) in [5.41, 5.74) is 0. The van der Waals surface area contributed by atoms with Gasteiger partial charge in [-0.1, -0.05) is 13.8 Å². The van der Waals surface area contributed by atoms with Crippen molar-refractivity contribution >= 4 is 36.0 Å². The van der Waals surface area contributed by atoms with Crippen molar-refractivity contribution in [3.05, 3.63) is 0 Å². The summed E-state index contributed by atoms with van der Waals surface area (Å²) in [6, 6.07) is 0. The zero-order valence-corrected chi connectivity index (χ0v) is 18.6. The van der Waals surface area contributed by atoms with Gasteiger partial charge >= 0.3 is 6.09 Å². The fourth-order valence-electron chi connectivity index (χ4n) is 2.80. The second-order valence-corrected chi connectivity index (χ2v) is 6.17. The van der Waals surface area contributed by atoms with Crippen LogP contribution in [0.25, 0.3) is 0 Å². The molecule has 0 saturated carbocycles. The Morgan fingerprint density at radius 3 is 2.20 bits per heavy atom. The van der Waals surface area contributed by atoms with Gasteiger partial charge in [0.25, 0.3) is 0 Å². The van der Waals surface area contributed by atoms with E-state index in [1.165, 1.54) is 0 Å². The van der Waals surface area contributed by atoms with Crippen LogP contribution >= 0.6 is 24.0 Å². The van der Waals surface area contributed by atoms with Crippen LogP contribution in [0.5, 0.6) is 0 Å². The van der Waals surface area contributed by atoms with Crippen molar-refractivity contribution in [1.29, 1.82) is 0 Å². The first-order valence-electron chi connectivity index (χ1n) is 9.02. The predicted octanol–water partition coefficient (Wildman–Crippen LogP) is 2.41. The number of guanidine groups is 1. The second kappa shape index (κ2) is 13.4. The van der Waals surface area contributed by atoms with Gasteiger partial charge in [0.15, 0.2) is 5.96 Å². The van der Waals surface area contributed by atoms with Crippen LogP contribution < -0.4 is 5.32 Å². The predicted molar refractivity (Wildman–Crippen MR) is 112 cm³/mol. The molecule has 8 heteroatoms. The number of ether oxygens (including phenoxy) is 2. The molecule has 148 valence electrons. The highest BCUT2D eigenvalue weighted by molar-refractivity contribution is 14.0. The van der Waals surface area contributed by atoms with Gasteiger partial charge in [-0.3, -0.25) is 4.99 Å². The average Bonchev–Trinajstić information content (AvgIpc) is 2.58. The van der Waals surface area contributed by atoms with E-state index in [-0.39, 0.29) is 36.2 Å². The van der Waals surface area contributed by atoms with E-state index in [0.717, 1.165) is 38.6 Å². The molecule has 1 unspecified atom stereocenters. The van der Waals surface area contributed by atoms with Crippen molar-refractivity contribution < 1.29 is 14.3 Å². The van der Waals surface area contributed by atoms with Gasteiger partial charge in [0, 0.05) is 46.4 Å². The number of amides is 1. The Bertz CT molecular complexity index is 399. The van der Waals surface area contributed by atoms with Crippen molar-refractivity contribution in [2.24, 2.45) is 10.9 Å². The molecule has 1 aliphatic rings. The molecule has 0 aromatic carbocycles. The Hall–Kier alpha value is -0.770. The van der Waals surface area contributed by atoms with Gasteiger partial charge in [-0.05, 0) is 26.2 Å². The van der Waals surface area contributed by atoms with E-state index in [1.54, 1.807) is 11.9 Å². The first-order valence-corrected chi connectivity index (χ1v) is 9.02. The molecule has 1 aliphatic heterocycles. The van der Waals surface area contributed by atoms with Crippen LogP contribution in [-0.4, -0.2) is 80.9 Å². The maximum Gasteiger partial charge on any atom is 0.409 e. The van der Waals surface area contributed by atoms with Gasteiger partial charge in [0.05, 0.1) is 12.7 Å². The van der Waals surface area contributed by atoms with Gasteiger partial charge in [-0.25, -0.2) is 4.79 Å². The summed E-state index contributed by atoms with van der Waals surface area (Å²) in [7, 11) is 1.79. The molecule has 1 rings (SSSR count). The molecule has 1 amide bonds. The van der Waals surface area contributed by atoms with E-state index in [9.17, 15) is 4.79 Å². The standard InChI is InChI=1S/C17H34N4O3.HI/c1-6-23-15(14(3)4)8-9-19-16(18-5)20-10-12-21(13-11-20)17(22)24-7-2;/h14-15H,6-13H2,1-5H3,(H,18,19);1H. The van der Waals surface area contributed by atoms with Crippen LogP contribution in [-0.2, 0) is 9.47 Å². The van der Waals surface area contributed by atoms with Crippen LogP contribution in [0.2, 0.25) is 0 Å². The summed E-state index contributed by atoms with van der Waals surface area (Å²) in [4.78, 5) is 20.0. The van der Waals surface area contributed by atoms with E-state index >= 15 is 0 Å². The minimum absolute atomic E-state index is 0. The van der Waals surface area contributed by atoms with E-state index in [1.807, 2.05) is 13.8 Å². The molecular formula is C17H35IN4O3. The first kappa shape index (κ1) is 24.2. The Kier molecular flexibility index (Phi) is 13.0. The highest BCUT2D eigenvalue weighted by atomic mass is 127. The number of rotatable bonds is 7. The lowest BCUT2D eigenvalue weighted by Crippen LogP contribution is -2.54. The molecule has 1 saturated heterocycles. The molecule has 1 atom stereocenters. The van der Waals surface area contributed by atoms with Crippen LogP contribution in [0.15, 0.2) is 4.99 Å². The second-order valence-electron chi connectivity index (χ2n) is 6.17. The van der Waals surface area contributed by atoms with Crippen molar-refractivity contribution in [1.82, 2.24) is 15.1 Å². The molecule has 0 aromatic heterocycles. The van der Waals surface area contributed by atoms with Gasteiger partial charge in [-0.2, -0.15) is 0 Å². The molecule has 1 N–H and O–H groups in total. The fraction of sp³-hybridized carbons (Fsp3) is 0.882. The summed E-state index contributed by atoms with van der Waals surface area (Å²) in [6.07, 6.45) is 0.991. The number of piperazine rings is 1. The number of halogens is 1. The van der Waals surface area contributed by atoms with Crippen LogP contribution in [0, 0.1) is 5.92 Å². The Morgan fingerprint density at radius 2 is 1.72 bits per heavy atom. The van der Waals surface area contributed by atoms with Crippen molar-refractivity contribution in [3.8, 4) is 0 Å². The van der Waals surface area contributed by atoms with Crippen LogP contribution in [0.1, 0.15) is 34.1 Å². The average molecular weight is 470 g/mol. The lowest BCUT2D eigenvalue weighted by Gasteiger charge is -2.36. The molecule has 7 nitrogen and oxygen atoms in total. The number of nitrogens with zero attached hydrogens (tertiary/aromatic N) is 3. The van der Waals surface area contributed by atoms with E-state index in [4.69, 9.17) is 9.47 Å². The summed E-state index contributed by atoms with van der Waals surface area (Å²) >= 11 is 0. The first-order chi connectivity index (χ1) is 11.5. The molecule has 0 bridgehead atoms. The molecule has 0 spiro atoms. The summed E-state index contributed by atoms with van der Waals surface area (Å²) < 4.78 is 10.8. The monoisotopic (exact) mass is 470 g/mol. The number of hydrogen-bond donors (Lipinski definition) is 1. The molecule has 25 heavy (non-hydrogen) atoms. The minimum atomic E-state index is -0.225. The van der Waals surface area contributed by atoms with E-state index in [2.05, 4.69) is 29.1 Å². The third kappa shape index (κ3) is 8.44. The largest absolute Gasteiger partial charge is 0.450 e. The summed E-state index contributed by atoms with van der Waals surface area (Å²) in [5, 5.41) is 3.41.